The Morgan fingerprint density at radius 3 is 2.77 bits per heavy atom. The van der Waals surface area contributed by atoms with Crippen molar-refractivity contribution in [1.82, 2.24) is 9.88 Å². The third-order valence-electron chi connectivity index (χ3n) is 6.62. The molecule has 0 atom stereocenters. The van der Waals surface area contributed by atoms with Gasteiger partial charge in [-0.25, -0.2) is 0 Å². The van der Waals surface area contributed by atoms with E-state index in [4.69, 9.17) is 11.6 Å². The quantitative estimate of drug-likeness (QED) is 0.679. The maximum absolute atomic E-state index is 13.0. The van der Waals surface area contributed by atoms with Gasteiger partial charge in [-0.05, 0) is 30.7 Å². The van der Waals surface area contributed by atoms with E-state index in [-0.39, 0.29) is 5.91 Å². The summed E-state index contributed by atoms with van der Waals surface area (Å²) in [5, 5.41) is 2.03. The molecule has 0 spiro atoms. The summed E-state index contributed by atoms with van der Waals surface area (Å²) in [7, 11) is 0. The molecule has 0 radical (unpaired) electrons. The number of nitrogens with zero attached hydrogens (tertiary/aromatic N) is 2. The number of hydrogen-bond donors (Lipinski definition) is 2. The van der Waals surface area contributed by atoms with Gasteiger partial charge in [0.1, 0.15) is 0 Å². The van der Waals surface area contributed by atoms with Gasteiger partial charge in [-0.15, -0.1) is 0 Å². The number of aromatic nitrogens is 1. The van der Waals surface area contributed by atoms with E-state index in [1.54, 1.807) is 0 Å². The van der Waals surface area contributed by atoms with Crippen LogP contribution < -0.4 is 9.80 Å². The van der Waals surface area contributed by atoms with Gasteiger partial charge in [-0.1, -0.05) is 35.9 Å². The number of piperazine rings is 1. The number of anilines is 1. The van der Waals surface area contributed by atoms with Crippen LogP contribution in [-0.2, 0) is 17.8 Å². The number of aryl methyl sites for hydroxylation is 1. The second-order valence-electron chi connectivity index (χ2n) is 8.54. The van der Waals surface area contributed by atoms with Crippen LogP contribution in [0.25, 0.3) is 10.9 Å². The van der Waals surface area contributed by atoms with Gasteiger partial charge in [0, 0.05) is 52.4 Å². The monoisotopic (exact) mass is 423 g/mol. The van der Waals surface area contributed by atoms with E-state index >= 15 is 0 Å². The summed E-state index contributed by atoms with van der Waals surface area (Å²) < 4.78 is 0. The molecule has 1 saturated heterocycles. The maximum atomic E-state index is 13.0. The molecule has 1 fully saturated rings. The normalized spacial score (nSPS) is 17.4. The Kier molecular flexibility index (Phi) is 5.17. The van der Waals surface area contributed by atoms with E-state index in [0.29, 0.717) is 6.54 Å². The summed E-state index contributed by atoms with van der Waals surface area (Å²) in [5.41, 5.74) is 6.23. The predicted octanol–water partition coefficient (Wildman–Crippen LogP) is 2.42. The van der Waals surface area contributed by atoms with Gasteiger partial charge in [0.25, 0.3) is 5.91 Å². The molecule has 6 heteroatoms. The molecule has 156 valence electrons. The Morgan fingerprint density at radius 2 is 1.93 bits per heavy atom. The summed E-state index contributed by atoms with van der Waals surface area (Å²) >= 11 is 6.20. The first-order chi connectivity index (χ1) is 14.6. The Morgan fingerprint density at radius 1 is 1.13 bits per heavy atom. The lowest BCUT2D eigenvalue weighted by atomic mass is 10.0. The number of halogens is 1. The standard InChI is InChI=1S/C24H27ClN4O/c1-17-6-7-18(25)14-23(17)28-12-10-27(11-13-28)16-24(30)29-9-8-22-20(15-29)19-4-2-3-5-21(19)26-22/h2-7,14,26H,8-13,15-16H2,1H3/p+1. The number of rotatable bonds is 3. The fraction of sp³-hybridized carbons (Fsp3) is 0.375. The lowest BCUT2D eigenvalue weighted by molar-refractivity contribution is -0.892. The first-order valence-electron chi connectivity index (χ1n) is 10.8. The van der Waals surface area contributed by atoms with Gasteiger partial charge in [0.15, 0.2) is 6.54 Å². The zero-order valence-corrected chi connectivity index (χ0v) is 18.1. The van der Waals surface area contributed by atoms with Crippen LogP contribution in [0, 0.1) is 6.92 Å². The van der Waals surface area contributed by atoms with Gasteiger partial charge in [-0.2, -0.15) is 0 Å². The minimum atomic E-state index is 0.272. The summed E-state index contributed by atoms with van der Waals surface area (Å²) in [6.07, 6.45) is 0.910. The summed E-state index contributed by atoms with van der Waals surface area (Å²) in [4.78, 5) is 22.4. The number of H-pyrrole nitrogens is 1. The number of benzene rings is 2. The van der Waals surface area contributed by atoms with Crippen LogP contribution in [0.4, 0.5) is 5.69 Å². The average Bonchev–Trinajstić information content (AvgIpc) is 3.14. The van der Waals surface area contributed by atoms with Crippen molar-refractivity contribution in [3.63, 3.8) is 0 Å². The van der Waals surface area contributed by atoms with E-state index in [9.17, 15) is 4.79 Å². The van der Waals surface area contributed by atoms with Crippen LogP contribution in [-0.4, -0.2) is 55.1 Å². The van der Waals surface area contributed by atoms with Crippen LogP contribution >= 0.6 is 11.6 Å². The molecule has 5 rings (SSSR count). The topological polar surface area (TPSA) is 43.8 Å². The van der Waals surface area contributed by atoms with Crippen molar-refractivity contribution >= 4 is 34.1 Å². The van der Waals surface area contributed by atoms with Crippen LogP contribution in [0.1, 0.15) is 16.8 Å². The Hall–Kier alpha value is -2.50. The third-order valence-corrected chi connectivity index (χ3v) is 6.85. The number of amides is 1. The van der Waals surface area contributed by atoms with Crippen molar-refractivity contribution in [3.05, 3.63) is 64.3 Å². The molecule has 2 aliphatic heterocycles. The third kappa shape index (κ3) is 3.68. The van der Waals surface area contributed by atoms with Crippen molar-refractivity contribution in [2.45, 2.75) is 19.9 Å². The van der Waals surface area contributed by atoms with E-state index in [0.717, 1.165) is 50.7 Å². The molecule has 1 aromatic heterocycles. The number of carbonyl (C=O) groups is 1. The van der Waals surface area contributed by atoms with Gasteiger partial charge < -0.3 is 19.7 Å². The fourth-order valence-electron chi connectivity index (χ4n) is 4.87. The van der Waals surface area contributed by atoms with Crippen LogP contribution in [0.2, 0.25) is 5.02 Å². The van der Waals surface area contributed by atoms with Crippen molar-refractivity contribution in [2.75, 3.05) is 44.2 Å². The van der Waals surface area contributed by atoms with E-state index in [1.165, 1.54) is 38.3 Å². The Bertz CT molecular complexity index is 1080. The summed E-state index contributed by atoms with van der Waals surface area (Å²) in [5.74, 6) is 0.272. The lowest BCUT2D eigenvalue weighted by Crippen LogP contribution is -3.15. The Balaban J connectivity index is 1.20. The highest BCUT2D eigenvalue weighted by Crippen LogP contribution is 2.27. The number of para-hydroxylation sites is 1. The number of carbonyl (C=O) groups excluding carboxylic acids is 1. The maximum Gasteiger partial charge on any atom is 0.278 e. The first kappa shape index (κ1) is 19.5. The number of hydrogen-bond acceptors (Lipinski definition) is 2. The molecular formula is C24H28ClN4O+. The second kappa shape index (κ2) is 7.97. The molecule has 0 aliphatic carbocycles. The summed E-state index contributed by atoms with van der Waals surface area (Å²) in [6, 6.07) is 14.5. The second-order valence-corrected chi connectivity index (χ2v) is 8.97. The molecule has 1 amide bonds. The molecule has 30 heavy (non-hydrogen) atoms. The van der Waals surface area contributed by atoms with Crippen molar-refractivity contribution in [1.29, 1.82) is 0 Å². The molecular weight excluding hydrogens is 396 g/mol. The lowest BCUT2D eigenvalue weighted by Gasteiger charge is -2.35. The van der Waals surface area contributed by atoms with E-state index in [1.807, 2.05) is 11.0 Å². The van der Waals surface area contributed by atoms with E-state index in [2.05, 4.69) is 53.2 Å². The number of aromatic amines is 1. The fourth-order valence-corrected chi connectivity index (χ4v) is 5.04. The first-order valence-corrected chi connectivity index (χ1v) is 11.2. The largest absolute Gasteiger partial charge is 0.360 e. The molecule has 0 unspecified atom stereocenters. The minimum absolute atomic E-state index is 0.272. The molecule has 3 heterocycles. The molecule has 0 saturated carbocycles. The van der Waals surface area contributed by atoms with Crippen molar-refractivity contribution in [3.8, 4) is 0 Å². The number of quaternary nitrogens is 1. The van der Waals surface area contributed by atoms with E-state index < -0.39 is 0 Å². The molecule has 3 aromatic rings. The molecule has 2 aliphatic rings. The summed E-state index contributed by atoms with van der Waals surface area (Å²) in [6.45, 7) is 8.10. The van der Waals surface area contributed by atoms with Gasteiger partial charge >= 0.3 is 0 Å². The highest BCUT2D eigenvalue weighted by Gasteiger charge is 2.28. The average molecular weight is 424 g/mol. The van der Waals surface area contributed by atoms with Crippen LogP contribution in [0.5, 0.6) is 0 Å². The highest BCUT2D eigenvalue weighted by molar-refractivity contribution is 6.30. The minimum Gasteiger partial charge on any atom is -0.360 e. The van der Waals surface area contributed by atoms with Gasteiger partial charge in [-0.3, -0.25) is 4.79 Å². The molecule has 2 N–H and O–H groups in total. The van der Waals surface area contributed by atoms with Crippen molar-refractivity contribution in [2.24, 2.45) is 0 Å². The number of fused-ring (bicyclic) bond motifs is 3. The molecule has 2 aromatic carbocycles. The zero-order chi connectivity index (χ0) is 20.7. The highest BCUT2D eigenvalue weighted by atomic mass is 35.5. The Labute approximate surface area is 182 Å². The smallest absolute Gasteiger partial charge is 0.278 e. The van der Waals surface area contributed by atoms with Crippen LogP contribution in [0.3, 0.4) is 0 Å². The predicted molar refractivity (Wildman–Crippen MR) is 121 cm³/mol. The van der Waals surface area contributed by atoms with Gasteiger partial charge in [0.05, 0.1) is 26.2 Å². The zero-order valence-electron chi connectivity index (χ0n) is 17.4. The molecule has 5 nitrogen and oxygen atoms in total. The van der Waals surface area contributed by atoms with Crippen molar-refractivity contribution < 1.29 is 9.69 Å². The SMILES string of the molecule is Cc1ccc(Cl)cc1N1CC[NH+](CC(=O)N2CCc3[nH]c4ccccc4c3C2)CC1. The van der Waals surface area contributed by atoms with Gasteiger partial charge in [0.2, 0.25) is 0 Å². The van der Waals surface area contributed by atoms with Crippen LogP contribution in [0.15, 0.2) is 42.5 Å². The number of nitrogens with one attached hydrogen (secondary N) is 2. The molecule has 0 bridgehead atoms.